The van der Waals surface area contributed by atoms with Crippen molar-refractivity contribution >= 4 is 29.6 Å². The van der Waals surface area contributed by atoms with E-state index in [0.717, 1.165) is 0 Å². The fourth-order valence-corrected chi connectivity index (χ4v) is 3.30. The largest absolute Gasteiger partial charge is 0.508 e. The number of aromatic amines is 1. The minimum Gasteiger partial charge on any atom is -0.508 e. The smallest absolute Gasteiger partial charge is 0.326 e. The molecule has 0 radical (unpaired) electrons. The van der Waals surface area contributed by atoms with Crippen molar-refractivity contribution in [3.05, 3.63) is 48.0 Å². The van der Waals surface area contributed by atoms with Gasteiger partial charge in [0.05, 0.1) is 12.4 Å². The molecule has 0 saturated carbocycles. The van der Waals surface area contributed by atoms with Crippen LogP contribution < -0.4 is 27.4 Å². The number of aliphatic carboxylic acids is 1. The number of primary amides is 1. The Balaban J connectivity index is 2.00. The maximum atomic E-state index is 12.8. The van der Waals surface area contributed by atoms with E-state index in [4.69, 9.17) is 11.5 Å². The van der Waals surface area contributed by atoms with Crippen molar-refractivity contribution in [2.45, 2.75) is 56.8 Å². The van der Waals surface area contributed by atoms with Crippen LogP contribution in [0.4, 0.5) is 0 Å². The van der Waals surface area contributed by atoms with Crippen LogP contribution >= 0.6 is 0 Å². The maximum Gasteiger partial charge on any atom is 0.326 e. The van der Waals surface area contributed by atoms with Crippen LogP contribution in [0.1, 0.15) is 31.0 Å². The first-order valence-electron chi connectivity index (χ1n) is 11.4. The first kappa shape index (κ1) is 28.8. The number of H-pyrrole nitrogens is 1. The summed E-state index contributed by atoms with van der Waals surface area (Å²) in [5.41, 5.74) is 12.2. The number of hydrogen-bond donors (Lipinski definition) is 8. The first-order chi connectivity index (χ1) is 17.5. The molecule has 2 aromatic rings. The molecule has 0 fully saturated rings. The number of nitrogens with two attached hydrogens (primary N) is 2. The minimum atomic E-state index is -1.30. The Morgan fingerprint density at radius 3 is 2.19 bits per heavy atom. The summed E-state index contributed by atoms with van der Waals surface area (Å²) in [7, 11) is 0. The Morgan fingerprint density at radius 1 is 0.973 bits per heavy atom. The molecule has 4 amide bonds. The lowest BCUT2D eigenvalue weighted by Crippen LogP contribution is -2.56. The number of phenols is 1. The Labute approximate surface area is 212 Å². The molecule has 200 valence electrons. The summed E-state index contributed by atoms with van der Waals surface area (Å²) in [6.45, 7) is 1.34. The second-order valence-corrected chi connectivity index (χ2v) is 8.45. The van der Waals surface area contributed by atoms with Crippen molar-refractivity contribution in [3.63, 3.8) is 0 Å². The quantitative estimate of drug-likeness (QED) is 0.139. The fraction of sp³-hybridized carbons (Fsp3) is 0.391. The van der Waals surface area contributed by atoms with Crippen LogP contribution in [0.3, 0.4) is 0 Å². The van der Waals surface area contributed by atoms with Gasteiger partial charge in [0.2, 0.25) is 23.6 Å². The number of amides is 4. The highest BCUT2D eigenvalue weighted by Gasteiger charge is 2.29. The summed E-state index contributed by atoms with van der Waals surface area (Å²) in [5.74, 6) is -4.21. The highest BCUT2D eigenvalue weighted by atomic mass is 16.4. The van der Waals surface area contributed by atoms with Crippen LogP contribution in [0.2, 0.25) is 0 Å². The van der Waals surface area contributed by atoms with E-state index in [2.05, 4.69) is 25.9 Å². The third kappa shape index (κ3) is 9.60. The second-order valence-electron chi connectivity index (χ2n) is 8.45. The highest BCUT2D eigenvalue weighted by Crippen LogP contribution is 2.11. The van der Waals surface area contributed by atoms with Crippen LogP contribution in [0.5, 0.6) is 5.75 Å². The summed E-state index contributed by atoms with van der Waals surface area (Å²) in [4.78, 5) is 67.5. The molecule has 10 N–H and O–H groups in total. The molecule has 2 rings (SSSR count). The molecular formula is C23H31N7O7. The van der Waals surface area contributed by atoms with Gasteiger partial charge in [-0.2, -0.15) is 0 Å². The molecular weight excluding hydrogens is 486 g/mol. The van der Waals surface area contributed by atoms with E-state index in [1.165, 1.54) is 43.7 Å². The Morgan fingerprint density at radius 2 is 1.62 bits per heavy atom. The van der Waals surface area contributed by atoms with Crippen molar-refractivity contribution in [2.24, 2.45) is 11.5 Å². The predicted molar refractivity (Wildman–Crippen MR) is 130 cm³/mol. The SMILES string of the molecule is CC(NC(=O)C(CCC(N)=O)NC(=O)C(N)Cc1cnc[nH]1)C(=O)NC(Cc1ccc(O)cc1)C(=O)O. The van der Waals surface area contributed by atoms with Crippen molar-refractivity contribution in [1.29, 1.82) is 0 Å². The number of carboxylic acids is 1. The summed E-state index contributed by atoms with van der Waals surface area (Å²) in [5, 5.41) is 26.1. The van der Waals surface area contributed by atoms with Gasteiger partial charge in [0.1, 0.15) is 23.9 Å². The zero-order chi connectivity index (χ0) is 27.5. The van der Waals surface area contributed by atoms with Gasteiger partial charge in [-0.15, -0.1) is 0 Å². The molecule has 0 saturated heterocycles. The molecule has 0 aliphatic rings. The van der Waals surface area contributed by atoms with Gasteiger partial charge < -0.3 is 42.6 Å². The lowest BCUT2D eigenvalue weighted by molar-refractivity contribution is -0.142. The third-order valence-electron chi connectivity index (χ3n) is 5.39. The number of carboxylic acid groups (broad SMARTS) is 1. The Kier molecular flexibility index (Phi) is 10.6. The van der Waals surface area contributed by atoms with E-state index in [0.29, 0.717) is 11.3 Å². The van der Waals surface area contributed by atoms with E-state index in [1.807, 2.05) is 0 Å². The van der Waals surface area contributed by atoms with Gasteiger partial charge >= 0.3 is 5.97 Å². The summed E-state index contributed by atoms with van der Waals surface area (Å²) in [6.07, 6.45) is 2.62. The number of nitrogens with zero attached hydrogens (tertiary/aromatic N) is 1. The molecule has 1 heterocycles. The maximum absolute atomic E-state index is 12.8. The fourth-order valence-electron chi connectivity index (χ4n) is 3.30. The number of rotatable bonds is 14. The van der Waals surface area contributed by atoms with Crippen LogP contribution in [0.15, 0.2) is 36.8 Å². The van der Waals surface area contributed by atoms with Gasteiger partial charge in [0, 0.05) is 31.2 Å². The van der Waals surface area contributed by atoms with Crippen LogP contribution in [-0.2, 0) is 36.8 Å². The number of imidazole rings is 1. The van der Waals surface area contributed by atoms with E-state index < -0.39 is 53.8 Å². The molecule has 0 aliphatic heterocycles. The molecule has 14 nitrogen and oxygen atoms in total. The molecule has 4 unspecified atom stereocenters. The van der Waals surface area contributed by atoms with Crippen molar-refractivity contribution in [3.8, 4) is 5.75 Å². The molecule has 0 aliphatic carbocycles. The standard InChI is InChI=1S/C23H31N7O7/c1-12(20(33)30-18(23(36)37)8-13-2-4-15(31)5-3-13)28-22(35)17(6-7-19(25)32)29-21(34)16(24)9-14-10-26-11-27-14/h2-5,10-12,16-18,31H,6-9,24H2,1H3,(H2,25,32)(H,26,27)(H,28,35)(H,29,34)(H,30,33)(H,36,37). The van der Waals surface area contributed by atoms with Crippen LogP contribution in [0, 0.1) is 0 Å². The Hall–Kier alpha value is -4.46. The predicted octanol–water partition coefficient (Wildman–Crippen LogP) is -1.95. The summed E-state index contributed by atoms with van der Waals surface area (Å²) in [6, 6.07) is 1.08. The number of benzene rings is 1. The number of aromatic nitrogens is 2. The van der Waals surface area contributed by atoms with E-state index in [9.17, 15) is 34.2 Å². The highest BCUT2D eigenvalue weighted by molar-refractivity contribution is 5.94. The zero-order valence-corrected chi connectivity index (χ0v) is 20.1. The molecule has 14 heteroatoms. The molecule has 0 spiro atoms. The number of phenolic OH excluding ortho intramolecular Hbond substituents is 1. The molecule has 1 aromatic carbocycles. The van der Waals surface area contributed by atoms with Crippen molar-refractivity contribution < 1.29 is 34.2 Å². The molecule has 4 atom stereocenters. The average molecular weight is 518 g/mol. The van der Waals surface area contributed by atoms with Gasteiger partial charge in [0.25, 0.3) is 0 Å². The van der Waals surface area contributed by atoms with Gasteiger partial charge in [0.15, 0.2) is 0 Å². The van der Waals surface area contributed by atoms with Crippen LogP contribution in [-0.4, -0.2) is 73.9 Å². The van der Waals surface area contributed by atoms with Crippen LogP contribution in [0.25, 0.3) is 0 Å². The number of carbonyl (C=O) groups is 5. The normalized spacial score (nSPS) is 14.0. The van der Waals surface area contributed by atoms with Gasteiger partial charge in [-0.3, -0.25) is 19.2 Å². The third-order valence-corrected chi connectivity index (χ3v) is 5.39. The topological polar surface area (TPSA) is 243 Å². The summed E-state index contributed by atoms with van der Waals surface area (Å²) < 4.78 is 0. The monoisotopic (exact) mass is 517 g/mol. The average Bonchev–Trinajstić information content (AvgIpc) is 3.35. The molecule has 1 aromatic heterocycles. The van der Waals surface area contributed by atoms with E-state index >= 15 is 0 Å². The van der Waals surface area contributed by atoms with E-state index in [-0.39, 0.29) is 31.4 Å². The second kappa shape index (κ2) is 13.6. The lowest BCUT2D eigenvalue weighted by atomic mass is 10.1. The first-order valence-corrected chi connectivity index (χ1v) is 11.4. The van der Waals surface area contributed by atoms with E-state index in [1.54, 1.807) is 0 Å². The number of hydrogen-bond acceptors (Lipinski definition) is 8. The lowest BCUT2D eigenvalue weighted by Gasteiger charge is -2.23. The summed E-state index contributed by atoms with van der Waals surface area (Å²) >= 11 is 0. The number of nitrogens with one attached hydrogen (secondary N) is 4. The minimum absolute atomic E-state index is 0.0104. The number of aromatic hydroxyl groups is 1. The Bertz CT molecular complexity index is 1090. The molecule has 37 heavy (non-hydrogen) atoms. The van der Waals surface area contributed by atoms with Crippen molar-refractivity contribution in [1.82, 2.24) is 25.9 Å². The van der Waals surface area contributed by atoms with Gasteiger partial charge in [-0.25, -0.2) is 9.78 Å². The van der Waals surface area contributed by atoms with Gasteiger partial charge in [-0.05, 0) is 31.0 Å². The van der Waals surface area contributed by atoms with Crippen molar-refractivity contribution in [2.75, 3.05) is 0 Å². The zero-order valence-electron chi connectivity index (χ0n) is 20.1. The van der Waals surface area contributed by atoms with Gasteiger partial charge in [-0.1, -0.05) is 12.1 Å². The molecule has 0 bridgehead atoms. The number of carbonyl (C=O) groups excluding carboxylic acids is 4.